The van der Waals surface area contributed by atoms with E-state index < -0.39 is 0 Å². The second-order valence-corrected chi connectivity index (χ2v) is 16.7. The third-order valence-electron chi connectivity index (χ3n) is 12.0. The van der Waals surface area contributed by atoms with Gasteiger partial charge in [-0.15, -0.1) is 0 Å². The van der Waals surface area contributed by atoms with E-state index in [0.29, 0.717) is 0 Å². The van der Waals surface area contributed by atoms with Gasteiger partial charge in [-0.2, -0.15) is 0 Å². The summed E-state index contributed by atoms with van der Waals surface area (Å²) in [4.78, 5) is 10.3. The first-order valence-electron chi connectivity index (χ1n) is 20.0. The van der Waals surface area contributed by atoms with E-state index in [1.54, 1.807) is 0 Å². The van der Waals surface area contributed by atoms with E-state index >= 15 is 0 Å². The zero-order valence-electron chi connectivity index (χ0n) is 33.2. The second-order valence-electron chi connectivity index (χ2n) is 16.7. The van der Waals surface area contributed by atoms with Gasteiger partial charge < -0.3 is 9.47 Å². The lowest BCUT2D eigenvalue weighted by Gasteiger charge is -2.35. The van der Waals surface area contributed by atoms with Gasteiger partial charge >= 0.3 is 0 Å². The van der Waals surface area contributed by atoms with Gasteiger partial charge in [-0.1, -0.05) is 112 Å². The van der Waals surface area contributed by atoms with E-state index in [4.69, 9.17) is 19.4 Å². The van der Waals surface area contributed by atoms with Crippen LogP contribution < -0.4 is 25.9 Å². The number of imidazole rings is 1. The lowest BCUT2D eigenvalue weighted by molar-refractivity contribution is 0.458. The Kier molecular flexibility index (Phi) is 7.58. The predicted molar refractivity (Wildman–Crippen MR) is 239 cm³/mol. The van der Waals surface area contributed by atoms with Crippen molar-refractivity contribution in [3.8, 4) is 62.5 Å². The molecule has 0 saturated carbocycles. The standard InChI is InChI=1S/C52H40BN3O2/c1-31-12-10-13-32(2)50(31)56-44-19-9-8-18-43(44)55-51(56)35-22-25-46-41(27-35)53-40-26-34(21-24-45(40)57-47-28-37(52(3,4)5)29-48(58-46)49(47)53)42-23-20-36(30-54-42)39-17-11-15-33-14-6-7-16-38(33)39/h6-30H,1-5H3. The minimum Gasteiger partial charge on any atom is -0.458 e. The Morgan fingerprint density at radius 2 is 1.22 bits per heavy atom. The lowest BCUT2D eigenvalue weighted by Crippen LogP contribution is -2.57. The number of benzene rings is 7. The Morgan fingerprint density at radius 1 is 0.586 bits per heavy atom. The Balaban J connectivity index is 1.08. The third-order valence-corrected chi connectivity index (χ3v) is 12.0. The summed E-state index contributed by atoms with van der Waals surface area (Å²) in [5.41, 5.74) is 15.1. The fraction of sp³-hybridized carbons (Fsp3) is 0.115. The molecule has 7 aromatic carbocycles. The molecule has 0 fully saturated rings. The molecule has 0 saturated heterocycles. The van der Waals surface area contributed by atoms with Crippen LogP contribution in [0, 0.1) is 13.8 Å². The minimum atomic E-state index is -0.139. The van der Waals surface area contributed by atoms with Gasteiger partial charge in [0.2, 0.25) is 0 Å². The number of aromatic nitrogens is 3. The van der Waals surface area contributed by atoms with E-state index in [1.165, 1.54) is 27.5 Å². The molecule has 6 heteroatoms. The molecule has 0 unspecified atom stereocenters. The van der Waals surface area contributed by atoms with Crippen molar-refractivity contribution in [2.75, 3.05) is 0 Å². The fourth-order valence-electron chi connectivity index (χ4n) is 9.04. The van der Waals surface area contributed by atoms with E-state index in [-0.39, 0.29) is 12.1 Å². The Labute approximate surface area is 338 Å². The molecule has 2 aromatic heterocycles. The van der Waals surface area contributed by atoms with Crippen molar-refractivity contribution >= 4 is 44.9 Å². The van der Waals surface area contributed by atoms with Crippen LogP contribution in [0.1, 0.15) is 37.5 Å². The molecule has 0 N–H and O–H groups in total. The Bertz CT molecular complexity index is 3100. The number of rotatable bonds is 4. The van der Waals surface area contributed by atoms with Gasteiger partial charge in [0.05, 0.1) is 22.4 Å². The summed E-state index contributed by atoms with van der Waals surface area (Å²) in [6, 6.07) is 51.6. The quantitative estimate of drug-likeness (QED) is 0.168. The molecule has 0 atom stereocenters. The molecule has 2 aliphatic heterocycles. The number of ether oxygens (including phenoxy) is 2. The summed E-state index contributed by atoms with van der Waals surface area (Å²) in [5.74, 6) is 4.25. The zero-order valence-corrected chi connectivity index (χ0v) is 33.2. The van der Waals surface area contributed by atoms with Gasteiger partial charge in [-0.05, 0) is 123 Å². The summed E-state index contributed by atoms with van der Waals surface area (Å²) < 4.78 is 16.0. The maximum absolute atomic E-state index is 6.86. The van der Waals surface area contributed by atoms with Crippen LogP contribution in [-0.2, 0) is 5.41 Å². The van der Waals surface area contributed by atoms with Gasteiger partial charge in [0.25, 0.3) is 6.71 Å². The zero-order chi connectivity index (χ0) is 39.3. The number of hydrogen-bond donors (Lipinski definition) is 0. The first-order valence-corrected chi connectivity index (χ1v) is 20.0. The van der Waals surface area contributed by atoms with Crippen LogP contribution in [0.5, 0.6) is 23.0 Å². The number of pyridine rings is 1. The molecule has 4 heterocycles. The molecule has 0 amide bonds. The number of hydrogen-bond acceptors (Lipinski definition) is 4. The van der Waals surface area contributed by atoms with Crippen LogP contribution in [0.3, 0.4) is 0 Å². The van der Waals surface area contributed by atoms with Gasteiger partial charge in [-0.3, -0.25) is 9.55 Å². The summed E-state index contributed by atoms with van der Waals surface area (Å²) >= 11 is 0. The summed E-state index contributed by atoms with van der Waals surface area (Å²) in [6.07, 6.45) is 1.99. The van der Waals surface area contributed by atoms with Crippen molar-refractivity contribution in [2.24, 2.45) is 0 Å². The van der Waals surface area contributed by atoms with Crippen molar-refractivity contribution < 1.29 is 9.47 Å². The molecular formula is C52H40BN3O2. The van der Waals surface area contributed by atoms with Gasteiger partial charge in [0.1, 0.15) is 28.8 Å². The van der Waals surface area contributed by atoms with Crippen LogP contribution in [-0.4, -0.2) is 21.2 Å². The van der Waals surface area contributed by atoms with E-state index in [9.17, 15) is 0 Å². The number of para-hydroxylation sites is 3. The maximum Gasteiger partial charge on any atom is 0.260 e. The molecule has 2 aliphatic rings. The molecule has 278 valence electrons. The molecule has 0 bridgehead atoms. The smallest absolute Gasteiger partial charge is 0.260 e. The first-order chi connectivity index (χ1) is 28.2. The summed E-state index contributed by atoms with van der Waals surface area (Å²) in [6.45, 7) is 10.9. The Hall–Kier alpha value is -6.92. The molecule has 5 nitrogen and oxygen atoms in total. The van der Waals surface area contributed by atoms with E-state index in [0.717, 1.165) is 89.9 Å². The fourth-order valence-corrected chi connectivity index (χ4v) is 9.04. The van der Waals surface area contributed by atoms with Crippen molar-refractivity contribution in [1.82, 2.24) is 14.5 Å². The molecule has 9 aromatic rings. The highest BCUT2D eigenvalue weighted by Gasteiger charge is 2.41. The largest absolute Gasteiger partial charge is 0.458 e. The Morgan fingerprint density at radius 3 is 1.95 bits per heavy atom. The molecule has 0 spiro atoms. The van der Waals surface area contributed by atoms with Gasteiger partial charge in [0, 0.05) is 22.8 Å². The van der Waals surface area contributed by atoms with Crippen LogP contribution in [0.15, 0.2) is 152 Å². The average Bonchev–Trinajstić information content (AvgIpc) is 3.62. The average molecular weight is 750 g/mol. The number of nitrogens with zero attached hydrogens (tertiary/aromatic N) is 3. The van der Waals surface area contributed by atoms with Crippen LogP contribution >= 0.6 is 0 Å². The predicted octanol–water partition coefficient (Wildman–Crippen LogP) is 11.2. The first kappa shape index (κ1) is 34.3. The topological polar surface area (TPSA) is 49.2 Å². The molecule has 58 heavy (non-hydrogen) atoms. The molecule has 0 radical (unpaired) electrons. The van der Waals surface area contributed by atoms with E-state index in [1.807, 2.05) is 6.20 Å². The van der Waals surface area contributed by atoms with Crippen LogP contribution in [0.2, 0.25) is 0 Å². The van der Waals surface area contributed by atoms with Crippen LogP contribution in [0.4, 0.5) is 0 Å². The number of aryl methyl sites for hydroxylation is 2. The van der Waals surface area contributed by atoms with Crippen LogP contribution in [0.25, 0.3) is 61.3 Å². The van der Waals surface area contributed by atoms with Gasteiger partial charge in [0.15, 0.2) is 0 Å². The third kappa shape index (κ3) is 5.39. The second kappa shape index (κ2) is 12.8. The van der Waals surface area contributed by atoms with Crippen molar-refractivity contribution in [2.45, 2.75) is 40.0 Å². The SMILES string of the molecule is Cc1cccc(C)c1-n1c(-c2ccc3c(c2)B2c4cc(-c5ccc(-c6cccc7ccccc67)cn5)ccc4Oc4cc(C(C)(C)C)cc(c42)O3)nc2ccccc21. The van der Waals surface area contributed by atoms with Crippen molar-refractivity contribution in [3.05, 3.63) is 168 Å². The van der Waals surface area contributed by atoms with Crippen molar-refractivity contribution in [1.29, 1.82) is 0 Å². The van der Waals surface area contributed by atoms with E-state index in [2.05, 4.69) is 185 Å². The monoisotopic (exact) mass is 749 g/mol. The highest BCUT2D eigenvalue weighted by Crippen LogP contribution is 2.41. The maximum atomic E-state index is 6.86. The number of fused-ring (bicyclic) bond motifs is 6. The lowest BCUT2D eigenvalue weighted by atomic mass is 9.34. The minimum absolute atomic E-state index is 0.0985. The molecule has 0 aliphatic carbocycles. The highest BCUT2D eigenvalue weighted by molar-refractivity contribution is 6.98. The molecular weight excluding hydrogens is 709 g/mol. The van der Waals surface area contributed by atoms with Crippen molar-refractivity contribution in [3.63, 3.8) is 0 Å². The van der Waals surface area contributed by atoms with Gasteiger partial charge in [-0.25, -0.2) is 4.98 Å². The summed E-state index contributed by atoms with van der Waals surface area (Å²) in [5, 5.41) is 2.44. The summed E-state index contributed by atoms with van der Waals surface area (Å²) in [7, 11) is 0. The molecule has 11 rings (SSSR count). The highest BCUT2D eigenvalue weighted by atomic mass is 16.5. The normalized spacial score (nSPS) is 12.8.